The lowest BCUT2D eigenvalue weighted by Gasteiger charge is -2.09. The van der Waals surface area contributed by atoms with Gasteiger partial charge in [-0.25, -0.2) is 4.39 Å². The molecule has 1 nitrogen and oxygen atoms in total. The van der Waals surface area contributed by atoms with Crippen molar-refractivity contribution < 1.29 is 4.39 Å². The van der Waals surface area contributed by atoms with Gasteiger partial charge in [-0.3, -0.25) is 4.98 Å². The summed E-state index contributed by atoms with van der Waals surface area (Å²) in [5.74, 6) is 0.0747. The van der Waals surface area contributed by atoms with Crippen LogP contribution in [-0.2, 0) is 0 Å². The molecule has 0 bridgehead atoms. The molecule has 0 amide bonds. The summed E-state index contributed by atoms with van der Waals surface area (Å²) in [7, 11) is 0. The summed E-state index contributed by atoms with van der Waals surface area (Å²) in [6.07, 6.45) is 0. The summed E-state index contributed by atoms with van der Waals surface area (Å²) in [4.78, 5) is 4.30. The molecule has 15 heavy (non-hydrogen) atoms. The van der Waals surface area contributed by atoms with Crippen molar-refractivity contribution in [1.29, 1.82) is 0 Å². The first-order chi connectivity index (χ1) is 7.09. The third kappa shape index (κ3) is 1.72. The van der Waals surface area contributed by atoms with E-state index in [1.807, 2.05) is 39.0 Å². The molecule has 0 atom stereocenters. The number of benzene rings is 1. The Labute approximate surface area is 89.0 Å². The third-order valence-corrected chi connectivity index (χ3v) is 2.60. The molecule has 0 aliphatic rings. The van der Waals surface area contributed by atoms with Crippen molar-refractivity contribution in [1.82, 2.24) is 4.98 Å². The van der Waals surface area contributed by atoms with E-state index >= 15 is 0 Å². The molecule has 2 rings (SSSR count). The van der Waals surface area contributed by atoms with Crippen LogP contribution in [0.1, 0.15) is 31.0 Å². The van der Waals surface area contributed by atoms with E-state index in [4.69, 9.17) is 0 Å². The molecule has 0 aliphatic carbocycles. The predicted octanol–water partition coefficient (Wildman–Crippen LogP) is 3.81. The van der Waals surface area contributed by atoms with Gasteiger partial charge in [0, 0.05) is 11.1 Å². The van der Waals surface area contributed by atoms with Crippen LogP contribution in [0.25, 0.3) is 10.9 Å². The normalized spacial score (nSPS) is 11.3. The van der Waals surface area contributed by atoms with Gasteiger partial charge in [0.1, 0.15) is 5.82 Å². The van der Waals surface area contributed by atoms with E-state index in [0.717, 1.165) is 16.8 Å². The van der Waals surface area contributed by atoms with Crippen LogP contribution in [0.15, 0.2) is 24.3 Å². The average Bonchev–Trinajstić information content (AvgIpc) is 2.17. The van der Waals surface area contributed by atoms with E-state index in [1.165, 1.54) is 0 Å². The maximum Gasteiger partial charge on any atom is 0.136 e. The van der Waals surface area contributed by atoms with Gasteiger partial charge in [0.05, 0.1) is 5.52 Å². The molecule has 2 heteroatoms. The maximum absolute atomic E-state index is 14.0. The van der Waals surface area contributed by atoms with Gasteiger partial charge in [0.2, 0.25) is 0 Å². The summed E-state index contributed by atoms with van der Waals surface area (Å²) in [5, 5.41) is 0.617. The molecule has 0 unspecified atom stereocenters. The SMILES string of the molecule is Cc1ccc2c(F)c(C(C)C)ccc2n1. The summed E-state index contributed by atoms with van der Waals surface area (Å²) < 4.78 is 14.0. The minimum Gasteiger partial charge on any atom is -0.253 e. The number of rotatable bonds is 1. The van der Waals surface area contributed by atoms with E-state index in [0.29, 0.717) is 5.39 Å². The van der Waals surface area contributed by atoms with Crippen LogP contribution in [0.4, 0.5) is 4.39 Å². The molecular formula is C13H14FN. The van der Waals surface area contributed by atoms with Gasteiger partial charge < -0.3 is 0 Å². The first-order valence-electron chi connectivity index (χ1n) is 5.15. The lowest BCUT2D eigenvalue weighted by molar-refractivity contribution is 0.609. The Morgan fingerprint density at radius 2 is 1.87 bits per heavy atom. The summed E-state index contributed by atoms with van der Waals surface area (Å²) >= 11 is 0. The predicted molar refractivity (Wildman–Crippen MR) is 60.5 cm³/mol. The van der Waals surface area contributed by atoms with Crippen LogP contribution in [0.3, 0.4) is 0 Å². The highest BCUT2D eigenvalue weighted by Gasteiger charge is 2.10. The van der Waals surface area contributed by atoms with Crippen LogP contribution in [-0.4, -0.2) is 4.98 Å². The van der Waals surface area contributed by atoms with Gasteiger partial charge >= 0.3 is 0 Å². The van der Waals surface area contributed by atoms with Crippen molar-refractivity contribution in [2.45, 2.75) is 26.7 Å². The zero-order valence-corrected chi connectivity index (χ0v) is 9.21. The van der Waals surface area contributed by atoms with Gasteiger partial charge in [0.25, 0.3) is 0 Å². The van der Waals surface area contributed by atoms with Crippen LogP contribution < -0.4 is 0 Å². The van der Waals surface area contributed by atoms with Crippen LogP contribution in [0, 0.1) is 12.7 Å². The lowest BCUT2D eigenvalue weighted by atomic mass is 10.00. The zero-order chi connectivity index (χ0) is 11.0. The monoisotopic (exact) mass is 203 g/mol. The number of aryl methyl sites for hydroxylation is 1. The van der Waals surface area contributed by atoms with Crippen molar-refractivity contribution in [3.05, 3.63) is 41.3 Å². The number of hydrogen-bond acceptors (Lipinski definition) is 1. The number of nitrogens with zero attached hydrogens (tertiary/aromatic N) is 1. The highest BCUT2D eigenvalue weighted by molar-refractivity contribution is 5.80. The van der Waals surface area contributed by atoms with Gasteiger partial charge in [-0.2, -0.15) is 0 Å². The fourth-order valence-corrected chi connectivity index (χ4v) is 1.73. The van der Waals surface area contributed by atoms with Gasteiger partial charge in [-0.05, 0) is 36.6 Å². The van der Waals surface area contributed by atoms with E-state index in [-0.39, 0.29) is 11.7 Å². The van der Waals surface area contributed by atoms with Crippen molar-refractivity contribution in [3.63, 3.8) is 0 Å². The Balaban J connectivity index is 2.74. The minimum absolute atomic E-state index is 0.130. The average molecular weight is 203 g/mol. The Morgan fingerprint density at radius 1 is 1.13 bits per heavy atom. The van der Waals surface area contributed by atoms with E-state index < -0.39 is 0 Å². The maximum atomic E-state index is 14.0. The second kappa shape index (κ2) is 3.61. The first kappa shape index (κ1) is 10.1. The molecule has 0 saturated heterocycles. The Kier molecular flexibility index (Phi) is 2.43. The molecule has 0 saturated carbocycles. The number of aromatic nitrogens is 1. The number of hydrogen-bond donors (Lipinski definition) is 0. The third-order valence-electron chi connectivity index (χ3n) is 2.60. The number of pyridine rings is 1. The van der Waals surface area contributed by atoms with E-state index in [2.05, 4.69) is 4.98 Å². The second-order valence-electron chi connectivity index (χ2n) is 4.14. The molecule has 0 spiro atoms. The highest BCUT2D eigenvalue weighted by Crippen LogP contribution is 2.25. The summed E-state index contributed by atoms with van der Waals surface area (Å²) in [5.41, 5.74) is 2.41. The van der Waals surface area contributed by atoms with Crippen LogP contribution >= 0.6 is 0 Å². The van der Waals surface area contributed by atoms with Crippen LogP contribution in [0.5, 0.6) is 0 Å². The molecule has 78 valence electrons. The highest BCUT2D eigenvalue weighted by atomic mass is 19.1. The molecule has 0 N–H and O–H groups in total. The first-order valence-corrected chi connectivity index (χ1v) is 5.15. The van der Waals surface area contributed by atoms with Crippen molar-refractivity contribution in [2.24, 2.45) is 0 Å². The summed E-state index contributed by atoms with van der Waals surface area (Å²) in [6, 6.07) is 7.36. The lowest BCUT2D eigenvalue weighted by Crippen LogP contribution is -1.95. The zero-order valence-electron chi connectivity index (χ0n) is 9.21. The second-order valence-corrected chi connectivity index (χ2v) is 4.14. The Morgan fingerprint density at radius 3 is 2.53 bits per heavy atom. The standard InChI is InChI=1S/C13H14FN/c1-8(2)10-6-7-12-11(13(10)14)5-4-9(3)15-12/h4-8H,1-3H3. The number of halogens is 1. The van der Waals surface area contributed by atoms with Crippen molar-refractivity contribution in [2.75, 3.05) is 0 Å². The van der Waals surface area contributed by atoms with E-state index in [1.54, 1.807) is 6.07 Å². The molecule has 0 aliphatic heterocycles. The van der Waals surface area contributed by atoms with E-state index in [9.17, 15) is 4.39 Å². The van der Waals surface area contributed by atoms with Gasteiger partial charge in [0.15, 0.2) is 0 Å². The number of fused-ring (bicyclic) bond motifs is 1. The van der Waals surface area contributed by atoms with Gasteiger partial charge in [-0.1, -0.05) is 19.9 Å². The minimum atomic E-state index is -0.130. The smallest absolute Gasteiger partial charge is 0.136 e. The Hall–Kier alpha value is -1.44. The summed E-state index contributed by atoms with van der Waals surface area (Å²) in [6.45, 7) is 5.89. The molecular weight excluding hydrogens is 189 g/mol. The molecule has 1 aromatic heterocycles. The van der Waals surface area contributed by atoms with Crippen molar-refractivity contribution in [3.8, 4) is 0 Å². The van der Waals surface area contributed by atoms with Crippen LogP contribution in [0.2, 0.25) is 0 Å². The topological polar surface area (TPSA) is 12.9 Å². The largest absolute Gasteiger partial charge is 0.253 e. The molecule has 1 heterocycles. The Bertz CT molecular complexity index is 503. The van der Waals surface area contributed by atoms with Gasteiger partial charge in [-0.15, -0.1) is 0 Å². The molecule has 1 aromatic carbocycles. The fourth-order valence-electron chi connectivity index (χ4n) is 1.73. The molecule has 2 aromatic rings. The molecule has 0 fully saturated rings. The quantitative estimate of drug-likeness (QED) is 0.686. The fraction of sp³-hybridized carbons (Fsp3) is 0.308. The van der Waals surface area contributed by atoms with Crippen molar-refractivity contribution >= 4 is 10.9 Å². The molecule has 0 radical (unpaired) electrons.